The molecular formula is C14H12N2O4. The zero-order valence-corrected chi connectivity index (χ0v) is 10.8. The van der Waals surface area contributed by atoms with Crippen molar-refractivity contribution in [2.24, 2.45) is 0 Å². The van der Waals surface area contributed by atoms with Crippen molar-refractivity contribution >= 4 is 12.0 Å². The van der Waals surface area contributed by atoms with E-state index in [9.17, 15) is 4.79 Å². The Labute approximate surface area is 116 Å². The molecule has 1 rings (SSSR count). The van der Waals surface area contributed by atoms with Crippen molar-refractivity contribution in [3.05, 3.63) is 29.8 Å². The Morgan fingerprint density at radius 2 is 2.00 bits per heavy atom. The first kappa shape index (κ1) is 15.1. The fraction of sp³-hybridized carbons (Fsp3) is 0.214. The van der Waals surface area contributed by atoms with Crippen LogP contribution in [0.4, 0.5) is 0 Å². The highest BCUT2D eigenvalue weighted by atomic mass is 16.5. The van der Waals surface area contributed by atoms with Crippen molar-refractivity contribution < 1.29 is 19.0 Å². The van der Waals surface area contributed by atoms with Crippen LogP contribution in [0.25, 0.3) is 6.08 Å². The minimum Gasteiger partial charge on any atom is -0.493 e. The number of carbonyl (C=O) groups excluding carboxylic acids is 1. The molecule has 0 unspecified atom stereocenters. The molecule has 0 N–H and O–H groups in total. The summed E-state index contributed by atoms with van der Waals surface area (Å²) >= 11 is 0. The molecule has 0 atom stereocenters. The number of hydrogen-bond donors (Lipinski definition) is 0. The Morgan fingerprint density at radius 3 is 2.65 bits per heavy atom. The predicted octanol–water partition coefficient (Wildman–Crippen LogP) is 1.68. The monoisotopic (exact) mass is 272 g/mol. The molecule has 0 amide bonds. The molecule has 0 radical (unpaired) electrons. The van der Waals surface area contributed by atoms with Crippen molar-refractivity contribution in [3.63, 3.8) is 0 Å². The van der Waals surface area contributed by atoms with E-state index in [1.54, 1.807) is 24.3 Å². The number of esters is 1. The highest BCUT2D eigenvalue weighted by molar-refractivity contribution is 5.87. The summed E-state index contributed by atoms with van der Waals surface area (Å²) in [5.41, 5.74) is 0.695. The van der Waals surface area contributed by atoms with Gasteiger partial charge in [-0.25, -0.2) is 4.79 Å². The van der Waals surface area contributed by atoms with Crippen LogP contribution in [0.3, 0.4) is 0 Å². The van der Waals surface area contributed by atoms with E-state index in [0.29, 0.717) is 17.1 Å². The summed E-state index contributed by atoms with van der Waals surface area (Å²) in [6.07, 6.45) is 2.73. The van der Waals surface area contributed by atoms with Crippen LogP contribution in [0.1, 0.15) is 5.56 Å². The van der Waals surface area contributed by atoms with Gasteiger partial charge in [-0.05, 0) is 23.8 Å². The molecule has 1 aromatic rings. The number of nitrogens with zero attached hydrogens (tertiary/aromatic N) is 2. The van der Waals surface area contributed by atoms with Crippen molar-refractivity contribution in [1.29, 1.82) is 10.5 Å². The van der Waals surface area contributed by atoms with E-state index in [2.05, 4.69) is 4.74 Å². The molecule has 6 nitrogen and oxygen atoms in total. The van der Waals surface area contributed by atoms with Crippen LogP contribution in [-0.2, 0) is 9.53 Å². The second-order valence-electron chi connectivity index (χ2n) is 3.46. The molecule has 20 heavy (non-hydrogen) atoms. The molecule has 0 fully saturated rings. The number of hydrogen-bond acceptors (Lipinski definition) is 6. The number of carbonyl (C=O) groups is 1. The molecule has 0 spiro atoms. The van der Waals surface area contributed by atoms with Gasteiger partial charge in [0.2, 0.25) is 0 Å². The van der Waals surface area contributed by atoms with Crippen LogP contribution in [0.15, 0.2) is 24.3 Å². The molecule has 0 aliphatic carbocycles. The Morgan fingerprint density at radius 1 is 1.25 bits per heavy atom. The number of ether oxygens (including phenoxy) is 3. The molecule has 6 heteroatoms. The van der Waals surface area contributed by atoms with Gasteiger partial charge in [0.25, 0.3) is 0 Å². The summed E-state index contributed by atoms with van der Waals surface area (Å²) < 4.78 is 14.9. The minimum atomic E-state index is -0.602. The van der Waals surface area contributed by atoms with E-state index in [0.717, 1.165) is 0 Å². The number of rotatable bonds is 6. The topological polar surface area (TPSA) is 92.3 Å². The first-order chi connectivity index (χ1) is 9.71. The normalized spacial score (nSPS) is 9.55. The summed E-state index contributed by atoms with van der Waals surface area (Å²) in [4.78, 5) is 11.2. The molecule has 0 bridgehead atoms. The van der Waals surface area contributed by atoms with Crippen LogP contribution in [-0.4, -0.2) is 26.3 Å². The molecule has 0 aromatic heterocycles. The third-order valence-electron chi connectivity index (χ3n) is 2.17. The third kappa shape index (κ3) is 4.71. The highest BCUT2D eigenvalue weighted by Crippen LogP contribution is 2.28. The average molecular weight is 272 g/mol. The maximum absolute atomic E-state index is 11.2. The van der Waals surface area contributed by atoms with Crippen molar-refractivity contribution in [2.75, 3.05) is 20.3 Å². The zero-order chi connectivity index (χ0) is 14.8. The Hall–Kier alpha value is -2.99. The molecular weight excluding hydrogens is 260 g/mol. The van der Waals surface area contributed by atoms with Crippen molar-refractivity contribution in [2.45, 2.75) is 0 Å². The second kappa shape index (κ2) is 8.17. The lowest BCUT2D eigenvalue weighted by Gasteiger charge is -2.08. The SMILES string of the molecule is COc1cc(/C=C/C(=O)OCC#N)ccc1OCC#N. The fourth-order valence-electron chi connectivity index (χ4n) is 1.33. The number of nitriles is 2. The van der Waals surface area contributed by atoms with E-state index >= 15 is 0 Å². The third-order valence-corrected chi connectivity index (χ3v) is 2.17. The Kier molecular flexibility index (Phi) is 6.16. The van der Waals surface area contributed by atoms with Gasteiger partial charge < -0.3 is 14.2 Å². The molecule has 102 valence electrons. The second-order valence-corrected chi connectivity index (χ2v) is 3.46. The van der Waals surface area contributed by atoms with Gasteiger partial charge in [0.1, 0.15) is 12.1 Å². The van der Waals surface area contributed by atoms with Crippen LogP contribution < -0.4 is 9.47 Å². The van der Waals surface area contributed by atoms with Gasteiger partial charge in [0.15, 0.2) is 24.7 Å². The van der Waals surface area contributed by atoms with Gasteiger partial charge in [-0.15, -0.1) is 0 Å². The van der Waals surface area contributed by atoms with Gasteiger partial charge in [0.05, 0.1) is 7.11 Å². The van der Waals surface area contributed by atoms with E-state index in [1.807, 2.05) is 6.07 Å². The number of methoxy groups -OCH3 is 1. The molecule has 0 heterocycles. The highest BCUT2D eigenvalue weighted by Gasteiger charge is 2.04. The lowest BCUT2D eigenvalue weighted by atomic mass is 10.2. The van der Waals surface area contributed by atoms with E-state index in [1.165, 1.54) is 19.3 Å². The van der Waals surface area contributed by atoms with E-state index < -0.39 is 5.97 Å². The Bertz CT molecular complexity index is 582. The first-order valence-corrected chi connectivity index (χ1v) is 5.61. The van der Waals surface area contributed by atoms with Crippen molar-refractivity contribution in [3.8, 4) is 23.6 Å². The maximum atomic E-state index is 11.2. The average Bonchev–Trinajstić information content (AvgIpc) is 2.49. The van der Waals surface area contributed by atoms with E-state index in [4.69, 9.17) is 20.0 Å². The lowest BCUT2D eigenvalue weighted by Crippen LogP contribution is -2.00. The van der Waals surface area contributed by atoms with Crippen molar-refractivity contribution in [1.82, 2.24) is 0 Å². The van der Waals surface area contributed by atoms with Gasteiger partial charge in [-0.3, -0.25) is 0 Å². The summed E-state index contributed by atoms with van der Waals surface area (Å²) in [6, 6.07) is 8.55. The fourth-order valence-corrected chi connectivity index (χ4v) is 1.33. The summed E-state index contributed by atoms with van der Waals surface area (Å²) in [7, 11) is 1.48. The van der Waals surface area contributed by atoms with Gasteiger partial charge in [-0.2, -0.15) is 10.5 Å². The molecule has 0 saturated heterocycles. The van der Waals surface area contributed by atoms with Gasteiger partial charge in [0, 0.05) is 6.08 Å². The largest absolute Gasteiger partial charge is 0.493 e. The Balaban J connectivity index is 2.78. The lowest BCUT2D eigenvalue weighted by molar-refractivity contribution is -0.136. The first-order valence-electron chi connectivity index (χ1n) is 5.61. The molecule has 0 saturated carbocycles. The molecule has 1 aromatic carbocycles. The summed E-state index contributed by atoms with van der Waals surface area (Å²) in [5.74, 6) is 0.293. The van der Waals surface area contributed by atoms with Crippen LogP contribution in [0, 0.1) is 22.7 Å². The standard InChI is InChI=1S/C14H12N2O4/c1-18-13-10-11(2-4-12(13)19-8-6-15)3-5-14(17)20-9-7-16/h2-5,10H,8-9H2,1H3/b5-3+. The van der Waals surface area contributed by atoms with Crippen LogP contribution >= 0.6 is 0 Å². The molecule has 0 aliphatic rings. The van der Waals surface area contributed by atoms with Gasteiger partial charge >= 0.3 is 5.97 Å². The van der Waals surface area contributed by atoms with Gasteiger partial charge in [-0.1, -0.05) is 6.07 Å². The summed E-state index contributed by atoms with van der Waals surface area (Å²) in [5, 5.41) is 16.7. The zero-order valence-electron chi connectivity index (χ0n) is 10.8. The number of benzene rings is 1. The molecule has 0 aliphatic heterocycles. The maximum Gasteiger partial charge on any atom is 0.331 e. The quantitative estimate of drug-likeness (QED) is 0.577. The van der Waals surface area contributed by atoms with E-state index in [-0.39, 0.29) is 13.2 Å². The minimum absolute atomic E-state index is 0.0773. The predicted molar refractivity (Wildman–Crippen MR) is 69.7 cm³/mol. The van der Waals surface area contributed by atoms with Crippen LogP contribution in [0.2, 0.25) is 0 Å². The smallest absolute Gasteiger partial charge is 0.331 e. The van der Waals surface area contributed by atoms with Crippen LogP contribution in [0.5, 0.6) is 11.5 Å². The summed E-state index contributed by atoms with van der Waals surface area (Å²) in [6.45, 7) is -0.362.